The van der Waals surface area contributed by atoms with Crippen molar-refractivity contribution in [3.8, 4) is 0 Å². The smallest absolute Gasteiger partial charge is 0.309 e. The molecule has 1 aromatic rings. The lowest BCUT2D eigenvalue weighted by atomic mass is 9.33. The number of H-pyrrole nitrogens is 1. The zero-order chi connectivity index (χ0) is 38.7. The first-order valence-electron chi connectivity index (χ1n) is 20.7. The number of hydrogen-bond donors (Lipinski definition) is 3. The molecule has 9 nitrogen and oxygen atoms in total. The highest BCUT2D eigenvalue weighted by molar-refractivity contribution is 6.00. The maximum Gasteiger partial charge on any atom is 0.309 e. The third kappa shape index (κ3) is 5.45. The number of carboxylic acids is 1. The third-order valence-electron chi connectivity index (χ3n) is 17.5. The summed E-state index contributed by atoms with van der Waals surface area (Å²) < 4.78 is 6.41. The first-order valence-corrected chi connectivity index (χ1v) is 20.7. The molecule has 0 aromatic carbocycles. The van der Waals surface area contributed by atoms with E-state index in [0.29, 0.717) is 48.6 Å². The van der Waals surface area contributed by atoms with E-state index in [1.54, 1.807) is 6.07 Å². The van der Waals surface area contributed by atoms with E-state index in [1.165, 1.54) is 5.57 Å². The highest BCUT2D eigenvalue weighted by atomic mass is 16.5. The number of aromatic amines is 1. The molecule has 7 rings (SSSR count). The van der Waals surface area contributed by atoms with Gasteiger partial charge in [0.05, 0.1) is 17.5 Å². The van der Waals surface area contributed by atoms with Crippen LogP contribution in [0.2, 0.25) is 0 Å². The minimum Gasteiger partial charge on any atom is -0.481 e. The first-order chi connectivity index (χ1) is 24.6. The lowest BCUT2D eigenvalue weighted by Gasteiger charge is -2.72. The Labute approximate surface area is 316 Å². The van der Waals surface area contributed by atoms with Gasteiger partial charge in [-0.05, 0) is 128 Å². The monoisotopic (exact) mass is 731 g/mol. The van der Waals surface area contributed by atoms with Gasteiger partial charge in [0, 0.05) is 23.8 Å². The summed E-state index contributed by atoms with van der Waals surface area (Å²) in [6.07, 6.45) is 9.84. The molecule has 0 spiro atoms. The number of nitrogens with zero attached hydrogens (tertiary/aromatic N) is 1. The van der Waals surface area contributed by atoms with Crippen LogP contribution in [0.4, 0.5) is 0 Å². The number of hydrogen-bond acceptors (Lipinski definition) is 6. The van der Waals surface area contributed by atoms with E-state index in [1.807, 2.05) is 20.8 Å². The molecule has 0 unspecified atom stereocenters. The van der Waals surface area contributed by atoms with Crippen molar-refractivity contribution in [3.05, 3.63) is 28.6 Å². The van der Waals surface area contributed by atoms with Crippen molar-refractivity contribution in [3.63, 3.8) is 0 Å². The molecule has 5 fully saturated rings. The minimum absolute atomic E-state index is 0.0497. The van der Waals surface area contributed by atoms with Crippen molar-refractivity contribution in [2.45, 2.75) is 146 Å². The van der Waals surface area contributed by atoms with Gasteiger partial charge < -0.3 is 15.2 Å². The van der Waals surface area contributed by atoms with Gasteiger partial charge in [-0.1, -0.05) is 67.9 Å². The van der Waals surface area contributed by atoms with Crippen LogP contribution in [0.15, 0.2) is 17.2 Å². The Hall–Kier alpha value is -2.97. The van der Waals surface area contributed by atoms with Gasteiger partial charge in [0.1, 0.15) is 11.8 Å². The molecule has 6 aliphatic rings. The van der Waals surface area contributed by atoms with Gasteiger partial charge in [-0.25, -0.2) is 0 Å². The molecular formula is C44H65N3O6. The summed E-state index contributed by atoms with van der Waals surface area (Å²) in [7, 11) is 0. The number of ketones is 1. The summed E-state index contributed by atoms with van der Waals surface area (Å²) in [5, 5.41) is 19.7. The van der Waals surface area contributed by atoms with E-state index < -0.39 is 17.3 Å². The summed E-state index contributed by atoms with van der Waals surface area (Å²) in [5.41, 5.74) is 3.01. The van der Waals surface area contributed by atoms with Gasteiger partial charge in [0.2, 0.25) is 0 Å². The highest BCUT2D eigenvalue weighted by Crippen LogP contribution is 2.77. The topological polar surface area (TPSA) is 138 Å². The Morgan fingerprint density at radius 1 is 0.925 bits per heavy atom. The standard InChI is InChI=1S/C44H65N3O6/c1-24(2)34-30(48)23-44(19-20-45-36(49)29-21-25(3)46-47-29)18-17-42(9)26(35(34)44)11-12-32-41(8)15-14-33(40(6,7)31(41)13-16-43(32,42)10)53-38(52)28-22-27(37(50)51)39(28,4)5/h21,24,26-28,31-33H,11-20,22-23H2,1-10H3,(H,45,49)(H,46,47)(H,50,51)/t26-,27+,28-,31+,32-,33+,41+,42-,43-,44-/m1/s1. The number of ether oxygens (including phenoxy) is 1. The quantitative estimate of drug-likeness (QED) is 0.228. The maximum atomic E-state index is 14.0. The van der Waals surface area contributed by atoms with E-state index in [4.69, 9.17) is 4.74 Å². The molecule has 0 saturated heterocycles. The van der Waals surface area contributed by atoms with Gasteiger partial charge in [0.25, 0.3) is 5.91 Å². The molecule has 0 radical (unpaired) electrons. The summed E-state index contributed by atoms with van der Waals surface area (Å²) in [4.78, 5) is 52.3. The first kappa shape index (κ1) is 38.3. The van der Waals surface area contributed by atoms with Crippen LogP contribution in [0.3, 0.4) is 0 Å². The minimum atomic E-state index is -0.828. The molecule has 1 heterocycles. The van der Waals surface area contributed by atoms with E-state index in [-0.39, 0.29) is 56.9 Å². The van der Waals surface area contributed by atoms with E-state index in [9.17, 15) is 24.3 Å². The van der Waals surface area contributed by atoms with Crippen molar-refractivity contribution < 1.29 is 29.0 Å². The molecule has 6 aliphatic carbocycles. The number of carbonyl (C=O) groups excluding carboxylic acids is 3. The SMILES string of the molecule is Cc1cc(C(=O)NCC[C@@]23CC[C@]4(C)[C@H](CC[C@@H]5[C@@]6(C)CC[C@H](OC(=O)[C@H]7C[C@@H](C(=O)O)C7(C)C)C(C)(C)[C@@H]6CC[C@]54C)C2=C(C(C)C)C(=O)C3)[nH]n1. The summed E-state index contributed by atoms with van der Waals surface area (Å²) >= 11 is 0. The average Bonchev–Trinajstić information content (AvgIpc) is 3.62. The van der Waals surface area contributed by atoms with E-state index in [2.05, 4.69) is 64.0 Å². The Balaban J connectivity index is 1.12. The van der Waals surface area contributed by atoms with E-state index in [0.717, 1.165) is 69.1 Å². The number of aromatic nitrogens is 2. The zero-order valence-corrected chi connectivity index (χ0v) is 34.0. The highest BCUT2D eigenvalue weighted by Gasteiger charge is 2.70. The number of fused-ring (bicyclic) bond motifs is 7. The fraction of sp³-hybridized carbons (Fsp3) is 0.795. The van der Waals surface area contributed by atoms with Crippen LogP contribution >= 0.6 is 0 Å². The largest absolute Gasteiger partial charge is 0.481 e. The normalized spacial score (nSPS) is 41.1. The van der Waals surface area contributed by atoms with Gasteiger partial charge in [-0.3, -0.25) is 24.3 Å². The van der Waals surface area contributed by atoms with Crippen LogP contribution in [-0.4, -0.2) is 51.6 Å². The predicted molar refractivity (Wildman–Crippen MR) is 203 cm³/mol. The number of amides is 1. The number of esters is 1. The summed E-state index contributed by atoms with van der Waals surface area (Å²) in [6, 6.07) is 1.77. The number of aryl methyl sites for hydroxylation is 1. The van der Waals surface area contributed by atoms with Crippen LogP contribution < -0.4 is 5.32 Å². The van der Waals surface area contributed by atoms with Crippen molar-refractivity contribution in [2.24, 2.45) is 68.0 Å². The van der Waals surface area contributed by atoms with E-state index >= 15 is 0 Å². The molecule has 10 atom stereocenters. The molecule has 1 amide bonds. The fourth-order valence-electron chi connectivity index (χ4n) is 14.3. The number of Topliss-reactive ketones (excluding diaryl/α,β-unsaturated/α-hetero) is 1. The lowest BCUT2D eigenvalue weighted by Crippen LogP contribution is -2.66. The predicted octanol–water partition coefficient (Wildman–Crippen LogP) is 8.48. The van der Waals surface area contributed by atoms with Crippen LogP contribution in [0.25, 0.3) is 0 Å². The number of allylic oxidation sites excluding steroid dienone is 2. The molecular weight excluding hydrogens is 666 g/mol. The molecule has 0 bridgehead atoms. The van der Waals surface area contributed by atoms with Gasteiger partial charge in [-0.2, -0.15) is 5.10 Å². The van der Waals surface area contributed by atoms with Gasteiger partial charge in [-0.15, -0.1) is 0 Å². The Morgan fingerprint density at radius 2 is 1.64 bits per heavy atom. The Kier molecular flexibility index (Phi) is 9.05. The molecule has 53 heavy (non-hydrogen) atoms. The molecule has 3 N–H and O–H groups in total. The maximum absolute atomic E-state index is 14.0. The molecule has 292 valence electrons. The summed E-state index contributed by atoms with van der Waals surface area (Å²) in [5.74, 6) is -0.311. The number of aliphatic carboxylic acids is 1. The van der Waals surface area contributed by atoms with Crippen LogP contribution in [-0.2, 0) is 19.1 Å². The number of carbonyl (C=O) groups is 4. The number of rotatable bonds is 8. The molecule has 5 saturated carbocycles. The van der Waals surface area contributed by atoms with Crippen LogP contribution in [0, 0.1) is 74.9 Å². The van der Waals surface area contributed by atoms with Crippen molar-refractivity contribution in [1.82, 2.24) is 15.5 Å². The second-order valence-corrected chi connectivity index (χ2v) is 20.7. The Bertz CT molecular complexity index is 1740. The average molecular weight is 732 g/mol. The summed E-state index contributed by atoms with van der Waals surface area (Å²) in [6.45, 7) is 22.9. The number of carboxylic acid groups (broad SMARTS) is 1. The van der Waals surface area contributed by atoms with Gasteiger partial charge in [0.15, 0.2) is 5.78 Å². The number of nitrogens with one attached hydrogen (secondary N) is 2. The lowest BCUT2D eigenvalue weighted by molar-refractivity contribution is -0.236. The van der Waals surface area contributed by atoms with Crippen molar-refractivity contribution in [1.29, 1.82) is 0 Å². The van der Waals surface area contributed by atoms with Crippen LogP contribution in [0.1, 0.15) is 149 Å². The zero-order valence-electron chi connectivity index (χ0n) is 34.0. The van der Waals surface area contributed by atoms with Gasteiger partial charge >= 0.3 is 11.9 Å². The second kappa shape index (κ2) is 12.5. The molecule has 0 aliphatic heterocycles. The van der Waals surface area contributed by atoms with Crippen LogP contribution in [0.5, 0.6) is 0 Å². The fourth-order valence-corrected chi connectivity index (χ4v) is 14.3. The van der Waals surface area contributed by atoms with Crippen molar-refractivity contribution in [2.75, 3.05) is 6.54 Å². The Morgan fingerprint density at radius 3 is 2.26 bits per heavy atom. The second-order valence-electron chi connectivity index (χ2n) is 20.7. The molecule has 9 heteroatoms. The third-order valence-corrected chi connectivity index (χ3v) is 17.5. The van der Waals surface area contributed by atoms with Crippen molar-refractivity contribution >= 4 is 23.6 Å². The molecule has 1 aromatic heterocycles.